The summed E-state index contributed by atoms with van der Waals surface area (Å²) in [5, 5.41) is 3.62. The maximum Gasteiger partial charge on any atom is 0.118 e. The van der Waals surface area contributed by atoms with E-state index in [1.807, 2.05) is 12.1 Å². The first-order valence-electron chi connectivity index (χ1n) is 6.14. The fraction of sp³-hybridized carbons (Fsp3) is 0.571. The Bertz CT molecular complexity index is 320. The summed E-state index contributed by atoms with van der Waals surface area (Å²) in [7, 11) is 1.70. The Balaban J connectivity index is 1.80. The number of methoxy groups -OCH3 is 1. The van der Waals surface area contributed by atoms with Crippen molar-refractivity contribution in [1.82, 2.24) is 5.32 Å². The van der Waals surface area contributed by atoms with Gasteiger partial charge in [-0.3, -0.25) is 0 Å². The Morgan fingerprint density at radius 2 is 2.00 bits per heavy atom. The van der Waals surface area contributed by atoms with Crippen LogP contribution in [0.4, 0.5) is 0 Å². The van der Waals surface area contributed by atoms with Crippen molar-refractivity contribution < 1.29 is 4.74 Å². The molecule has 16 heavy (non-hydrogen) atoms. The molecule has 0 bridgehead atoms. The first-order chi connectivity index (χ1) is 7.78. The zero-order valence-electron chi connectivity index (χ0n) is 10.2. The van der Waals surface area contributed by atoms with E-state index < -0.39 is 0 Å². The summed E-state index contributed by atoms with van der Waals surface area (Å²) in [6.07, 6.45) is 4.04. The largest absolute Gasteiger partial charge is 0.497 e. The minimum Gasteiger partial charge on any atom is -0.497 e. The van der Waals surface area contributed by atoms with Gasteiger partial charge in [0.1, 0.15) is 5.75 Å². The summed E-state index contributed by atoms with van der Waals surface area (Å²) in [4.78, 5) is 0. The Hall–Kier alpha value is -1.02. The molecule has 0 spiro atoms. The lowest BCUT2D eigenvalue weighted by Crippen LogP contribution is -2.25. The standard InChI is InChI=1S/C14H21NO/c1-11-3-6-13(9-11)15-10-12-4-7-14(16-2)8-5-12/h4-5,7-8,11,13,15H,3,6,9-10H2,1-2H3/t11-,13+/m1/s1. The van der Waals surface area contributed by atoms with Crippen molar-refractivity contribution in [2.75, 3.05) is 7.11 Å². The van der Waals surface area contributed by atoms with Crippen LogP contribution in [0, 0.1) is 5.92 Å². The van der Waals surface area contributed by atoms with Gasteiger partial charge in [-0.2, -0.15) is 0 Å². The molecule has 1 aromatic rings. The van der Waals surface area contributed by atoms with Gasteiger partial charge in [-0.1, -0.05) is 19.1 Å². The molecule has 0 radical (unpaired) electrons. The topological polar surface area (TPSA) is 21.3 Å². The average molecular weight is 219 g/mol. The van der Waals surface area contributed by atoms with Crippen LogP contribution >= 0.6 is 0 Å². The van der Waals surface area contributed by atoms with Gasteiger partial charge < -0.3 is 10.1 Å². The minimum absolute atomic E-state index is 0.720. The first-order valence-corrected chi connectivity index (χ1v) is 6.14. The molecule has 0 heterocycles. The predicted octanol–water partition coefficient (Wildman–Crippen LogP) is 2.97. The smallest absolute Gasteiger partial charge is 0.118 e. The van der Waals surface area contributed by atoms with Crippen LogP contribution in [-0.4, -0.2) is 13.2 Å². The Labute approximate surface area is 98.0 Å². The summed E-state index contributed by atoms with van der Waals surface area (Å²) >= 11 is 0. The Morgan fingerprint density at radius 3 is 2.56 bits per heavy atom. The molecule has 0 saturated heterocycles. The molecule has 2 nitrogen and oxygen atoms in total. The number of ether oxygens (including phenoxy) is 1. The number of rotatable bonds is 4. The summed E-state index contributed by atoms with van der Waals surface area (Å²) in [6, 6.07) is 9.02. The van der Waals surface area contributed by atoms with Crippen molar-refractivity contribution in [1.29, 1.82) is 0 Å². The van der Waals surface area contributed by atoms with Crippen molar-refractivity contribution in [2.45, 2.75) is 38.8 Å². The third-order valence-electron chi connectivity index (χ3n) is 3.45. The normalized spacial score (nSPS) is 24.6. The van der Waals surface area contributed by atoms with E-state index in [9.17, 15) is 0 Å². The zero-order chi connectivity index (χ0) is 11.4. The third kappa shape index (κ3) is 2.99. The Kier molecular flexibility index (Phi) is 3.83. The highest BCUT2D eigenvalue weighted by Crippen LogP contribution is 2.24. The fourth-order valence-electron chi connectivity index (χ4n) is 2.40. The number of nitrogens with one attached hydrogen (secondary N) is 1. The number of hydrogen-bond acceptors (Lipinski definition) is 2. The van der Waals surface area contributed by atoms with Gasteiger partial charge in [-0.05, 0) is 42.9 Å². The maximum absolute atomic E-state index is 5.14. The molecule has 1 aliphatic carbocycles. The van der Waals surface area contributed by atoms with E-state index in [0.717, 1.165) is 24.3 Å². The van der Waals surface area contributed by atoms with Crippen molar-refractivity contribution in [2.24, 2.45) is 5.92 Å². The monoisotopic (exact) mass is 219 g/mol. The lowest BCUT2D eigenvalue weighted by molar-refractivity contribution is 0.414. The van der Waals surface area contributed by atoms with Gasteiger partial charge in [0.25, 0.3) is 0 Å². The van der Waals surface area contributed by atoms with Gasteiger partial charge in [0.05, 0.1) is 7.11 Å². The van der Waals surface area contributed by atoms with Crippen LogP contribution < -0.4 is 10.1 Å². The molecule has 1 N–H and O–H groups in total. The van der Waals surface area contributed by atoms with Gasteiger partial charge in [-0.25, -0.2) is 0 Å². The second-order valence-electron chi connectivity index (χ2n) is 4.84. The molecule has 0 aromatic heterocycles. The van der Waals surface area contributed by atoms with Crippen molar-refractivity contribution in [3.05, 3.63) is 29.8 Å². The highest BCUT2D eigenvalue weighted by Gasteiger charge is 2.20. The Morgan fingerprint density at radius 1 is 1.25 bits per heavy atom. The first kappa shape index (κ1) is 11.5. The van der Waals surface area contributed by atoms with E-state index in [4.69, 9.17) is 4.74 Å². The van der Waals surface area contributed by atoms with E-state index in [0.29, 0.717) is 0 Å². The quantitative estimate of drug-likeness (QED) is 0.840. The second-order valence-corrected chi connectivity index (χ2v) is 4.84. The summed E-state index contributed by atoms with van der Waals surface area (Å²) in [5.74, 6) is 1.83. The van der Waals surface area contributed by atoms with Gasteiger partial charge in [0.2, 0.25) is 0 Å². The summed E-state index contributed by atoms with van der Waals surface area (Å²) in [6.45, 7) is 3.32. The van der Waals surface area contributed by atoms with Crippen LogP contribution in [-0.2, 0) is 6.54 Å². The third-order valence-corrected chi connectivity index (χ3v) is 3.45. The molecule has 88 valence electrons. The van der Waals surface area contributed by atoms with Crippen molar-refractivity contribution in [3.8, 4) is 5.75 Å². The van der Waals surface area contributed by atoms with Crippen LogP contribution in [0.2, 0.25) is 0 Å². The molecule has 1 saturated carbocycles. The molecule has 0 unspecified atom stereocenters. The maximum atomic E-state index is 5.14. The summed E-state index contributed by atoms with van der Waals surface area (Å²) in [5.41, 5.74) is 1.33. The SMILES string of the molecule is COc1ccc(CN[C@H]2CC[C@@H](C)C2)cc1. The van der Waals surface area contributed by atoms with Crippen LogP contribution in [0.5, 0.6) is 5.75 Å². The van der Waals surface area contributed by atoms with Gasteiger partial charge in [0.15, 0.2) is 0 Å². The fourth-order valence-corrected chi connectivity index (χ4v) is 2.40. The highest BCUT2D eigenvalue weighted by molar-refractivity contribution is 5.27. The molecule has 1 fully saturated rings. The van der Waals surface area contributed by atoms with Gasteiger partial charge >= 0.3 is 0 Å². The molecule has 2 heteroatoms. The molecule has 2 atom stereocenters. The second kappa shape index (κ2) is 5.35. The lowest BCUT2D eigenvalue weighted by Gasteiger charge is -2.12. The molecular formula is C14H21NO. The van der Waals surface area contributed by atoms with Gasteiger partial charge in [0, 0.05) is 12.6 Å². The van der Waals surface area contributed by atoms with E-state index in [-0.39, 0.29) is 0 Å². The van der Waals surface area contributed by atoms with E-state index in [1.54, 1.807) is 7.11 Å². The molecule has 1 aromatic carbocycles. The average Bonchev–Trinajstić information content (AvgIpc) is 2.73. The molecule has 1 aliphatic rings. The highest BCUT2D eigenvalue weighted by atomic mass is 16.5. The molecule has 2 rings (SSSR count). The lowest BCUT2D eigenvalue weighted by atomic mass is 10.1. The van der Waals surface area contributed by atoms with E-state index >= 15 is 0 Å². The number of hydrogen-bond donors (Lipinski definition) is 1. The van der Waals surface area contributed by atoms with Gasteiger partial charge in [-0.15, -0.1) is 0 Å². The van der Waals surface area contributed by atoms with Crippen LogP contribution in [0.1, 0.15) is 31.7 Å². The molecule has 0 amide bonds. The summed E-state index contributed by atoms with van der Waals surface area (Å²) < 4.78 is 5.14. The van der Waals surface area contributed by atoms with Crippen molar-refractivity contribution >= 4 is 0 Å². The predicted molar refractivity (Wildman–Crippen MR) is 66.6 cm³/mol. The van der Waals surface area contributed by atoms with Crippen molar-refractivity contribution in [3.63, 3.8) is 0 Å². The van der Waals surface area contributed by atoms with Crippen LogP contribution in [0.3, 0.4) is 0 Å². The minimum atomic E-state index is 0.720. The van der Waals surface area contributed by atoms with E-state index in [1.165, 1.54) is 24.8 Å². The zero-order valence-corrected chi connectivity index (χ0v) is 10.2. The van der Waals surface area contributed by atoms with E-state index in [2.05, 4.69) is 24.4 Å². The molecule has 0 aliphatic heterocycles. The number of benzene rings is 1. The van der Waals surface area contributed by atoms with Crippen LogP contribution in [0.25, 0.3) is 0 Å². The molecular weight excluding hydrogens is 198 g/mol. The van der Waals surface area contributed by atoms with Crippen LogP contribution in [0.15, 0.2) is 24.3 Å².